The predicted molar refractivity (Wildman–Crippen MR) is 119 cm³/mol. The molecule has 9 heteroatoms. The zero-order valence-electron chi connectivity index (χ0n) is 18.8. The third kappa shape index (κ3) is 5.02. The van der Waals surface area contributed by atoms with Crippen molar-refractivity contribution >= 4 is 29.4 Å². The molecule has 2 aliphatic heterocycles. The van der Waals surface area contributed by atoms with E-state index >= 15 is 0 Å². The van der Waals surface area contributed by atoms with Crippen LogP contribution in [0.4, 0.5) is 5.69 Å². The Kier molecular flexibility index (Phi) is 6.96. The Morgan fingerprint density at radius 2 is 1.55 bits per heavy atom. The molecule has 0 aromatic heterocycles. The number of methoxy groups -OCH3 is 1. The summed E-state index contributed by atoms with van der Waals surface area (Å²) in [6.07, 6.45) is 4.87. The zero-order chi connectivity index (χ0) is 23.4. The van der Waals surface area contributed by atoms with Crippen LogP contribution in [0.5, 0.6) is 5.75 Å². The number of benzene rings is 1. The molecule has 2 atom stereocenters. The summed E-state index contributed by atoms with van der Waals surface area (Å²) in [5, 5.41) is 0. The van der Waals surface area contributed by atoms with E-state index in [1.807, 2.05) is 36.4 Å². The summed E-state index contributed by atoms with van der Waals surface area (Å²) in [7, 11) is 1.63. The standard InChI is InChI=1S/C24H29N3O6/c1-32-18-8-6-17(7-9-18)25-12-14-26(15-13-25)21(28)16-33-22(29)10-11-27-23(30)19-4-2-3-5-20(19)24(27)31/h2-3,6-9,19-20H,4-5,10-16H2,1H3/t19-,20+. The number of rotatable bonds is 7. The zero-order valence-corrected chi connectivity index (χ0v) is 18.8. The molecule has 3 amide bonds. The first-order valence-corrected chi connectivity index (χ1v) is 11.3. The van der Waals surface area contributed by atoms with E-state index in [4.69, 9.17) is 9.47 Å². The molecule has 2 fully saturated rings. The molecule has 0 bridgehead atoms. The predicted octanol–water partition coefficient (Wildman–Crippen LogP) is 1.23. The fourth-order valence-electron chi connectivity index (χ4n) is 4.61. The van der Waals surface area contributed by atoms with Crippen LogP contribution >= 0.6 is 0 Å². The third-order valence-electron chi connectivity index (χ3n) is 6.56. The SMILES string of the molecule is COc1ccc(N2CCN(C(=O)COC(=O)CCN3C(=O)[C@H]4CC=CC[C@H]4C3=O)CC2)cc1. The van der Waals surface area contributed by atoms with E-state index in [-0.39, 0.29) is 49.1 Å². The Morgan fingerprint density at radius 1 is 0.939 bits per heavy atom. The molecule has 0 saturated carbocycles. The van der Waals surface area contributed by atoms with Crippen molar-refractivity contribution in [2.75, 3.05) is 51.3 Å². The molecular weight excluding hydrogens is 426 g/mol. The molecule has 1 aliphatic carbocycles. The van der Waals surface area contributed by atoms with Gasteiger partial charge in [-0.1, -0.05) is 12.2 Å². The fourth-order valence-corrected chi connectivity index (χ4v) is 4.61. The highest BCUT2D eigenvalue weighted by Gasteiger charge is 2.47. The van der Waals surface area contributed by atoms with Gasteiger partial charge in [0.1, 0.15) is 5.75 Å². The van der Waals surface area contributed by atoms with E-state index in [0.29, 0.717) is 39.0 Å². The molecule has 2 saturated heterocycles. The van der Waals surface area contributed by atoms with Crippen molar-refractivity contribution < 1.29 is 28.7 Å². The van der Waals surface area contributed by atoms with Gasteiger partial charge in [0.15, 0.2) is 6.61 Å². The number of likely N-dealkylation sites (tertiary alicyclic amines) is 1. The number of piperazine rings is 1. The second-order valence-corrected chi connectivity index (χ2v) is 8.46. The summed E-state index contributed by atoms with van der Waals surface area (Å²) in [4.78, 5) is 54.5. The molecule has 3 aliphatic rings. The number of nitrogens with zero attached hydrogens (tertiary/aromatic N) is 3. The van der Waals surface area contributed by atoms with Crippen molar-refractivity contribution in [2.24, 2.45) is 11.8 Å². The highest BCUT2D eigenvalue weighted by molar-refractivity contribution is 6.05. The van der Waals surface area contributed by atoms with E-state index in [1.54, 1.807) is 12.0 Å². The van der Waals surface area contributed by atoms with Crippen LogP contribution in [-0.4, -0.2) is 79.9 Å². The highest BCUT2D eigenvalue weighted by Crippen LogP contribution is 2.35. The van der Waals surface area contributed by atoms with E-state index in [2.05, 4.69) is 4.90 Å². The average molecular weight is 456 g/mol. The Hall–Kier alpha value is -3.36. The number of anilines is 1. The average Bonchev–Trinajstić information content (AvgIpc) is 3.11. The Bertz CT molecular complexity index is 910. The van der Waals surface area contributed by atoms with E-state index in [0.717, 1.165) is 11.4 Å². The fraction of sp³-hybridized carbons (Fsp3) is 0.500. The van der Waals surface area contributed by atoms with E-state index < -0.39 is 5.97 Å². The number of esters is 1. The van der Waals surface area contributed by atoms with E-state index in [9.17, 15) is 19.2 Å². The van der Waals surface area contributed by atoms with Gasteiger partial charge in [0.2, 0.25) is 11.8 Å². The normalized spacial score (nSPS) is 22.4. The number of carbonyl (C=O) groups is 4. The molecule has 4 rings (SSSR count). The second kappa shape index (κ2) is 10.1. The number of hydrogen-bond acceptors (Lipinski definition) is 7. The molecule has 176 valence electrons. The van der Waals surface area contributed by atoms with Gasteiger partial charge in [-0.15, -0.1) is 0 Å². The van der Waals surface area contributed by atoms with Crippen LogP contribution in [0.1, 0.15) is 19.3 Å². The Labute approximate surface area is 192 Å². The van der Waals surface area contributed by atoms with Crippen molar-refractivity contribution in [1.82, 2.24) is 9.80 Å². The van der Waals surface area contributed by atoms with Gasteiger partial charge < -0.3 is 19.3 Å². The lowest BCUT2D eigenvalue weighted by atomic mass is 9.85. The number of imide groups is 1. The minimum absolute atomic E-state index is 0.00176. The highest BCUT2D eigenvalue weighted by atomic mass is 16.5. The number of carbonyl (C=O) groups excluding carboxylic acids is 4. The summed E-state index contributed by atoms with van der Waals surface area (Å²) >= 11 is 0. The lowest BCUT2D eigenvalue weighted by Crippen LogP contribution is -2.50. The minimum atomic E-state index is -0.589. The third-order valence-corrected chi connectivity index (χ3v) is 6.56. The van der Waals surface area contributed by atoms with Crippen LogP contribution in [0, 0.1) is 11.8 Å². The Morgan fingerprint density at radius 3 is 2.12 bits per heavy atom. The first-order valence-electron chi connectivity index (χ1n) is 11.3. The first-order chi connectivity index (χ1) is 16.0. The van der Waals surface area contributed by atoms with Crippen molar-refractivity contribution in [3.63, 3.8) is 0 Å². The summed E-state index contributed by atoms with van der Waals surface area (Å²) in [6.45, 7) is 2.10. The number of amides is 3. The van der Waals surface area contributed by atoms with Crippen molar-refractivity contribution in [2.45, 2.75) is 19.3 Å². The number of allylic oxidation sites excluding steroid dienone is 2. The molecule has 2 heterocycles. The summed E-state index contributed by atoms with van der Waals surface area (Å²) < 4.78 is 10.3. The molecule has 0 N–H and O–H groups in total. The molecule has 0 radical (unpaired) electrons. The van der Waals surface area contributed by atoms with Gasteiger partial charge in [-0.3, -0.25) is 24.1 Å². The van der Waals surface area contributed by atoms with Gasteiger partial charge in [-0.25, -0.2) is 0 Å². The summed E-state index contributed by atoms with van der Waals surface area (Å²) in [6, 6.07) is 7.78. The summed E-state index contributed by atoms with van der Waals surface area (Å²) in [5.41, 5.74) is 1.07. The van der Waals surface area contributed by atoms with Gasteiger partial charge in [-0.05, 0) is 37.1 Å². The minimum Gasteiger partial charge on any atom is -0.497 e. The quantitative estimate of drug-likeness (QED) is 0.347. The maximum absolute atomic E-state index is 12.5. The number of ether oxygens (including phenoxy) is 2. The maximum Gasteiger partial charge on any atom is 0.308 e. The lowest BCUT2D eigenvalue weighted by Gasteiger charge is -2.36. The second-order valence-electron chi connectivity index (χ2n) is 8.46. The monoisotopic (exact) mass is 455 g/mol. The molecule has 9 nitrogen and oxygen atoms in total. The van der Waals surface area contributed by atoms with Gasteiger partial charge >= 0.3 is 5.97 Å². The van der Waals surface area contributed by atoms with Gasteiger partial charge in [0.05, 0.1) is 25.4 Å². The number of hydrogen-bond donors (Lipinski definition) is 0. The van der Waals surface area contributed by atoms with E-state index in [1.165, 1.54) is 4.90 Å². The smallest absolute Gasteiger partial charge is 0.308 e. The summed E-state index contributed by atoms with van der Waals surface area (Å²) in [5.74, 6) is -1.09. The van der Waals surface area contributed by atoms with Crippen molar-refractivity contribution in [3.8, 4) is 5.75 Å². The lowest BCUT2D eigenvalue weighted by molar-refractivity contribution is -0.153. The topological polar surface area (TPSA) is 96.5 Å². The van der Waals surface area contributed by atoms with Crippen LogP contribution in [0.3, 0.4) is 0 Å². The molecule has 0 spiro atoms. The van der Waals surface area contributed by atoms with Gasteiger partial charge in [0.25, 0.3) is 5.91 Å². The molecule has 1 aromatic rings. The number of fused-ring (bicyclic) bond motifs is 1. The van der Waals surface area contributed by atoms with Crippen molar-refractivity contribution in [3.05, 3.63) is 36.4 Å². The Balaban J connectivity index is 1.17. The van der Waals surface area contributed by atoms with Crippen molar-refractivity contribution in [1.29, 1.82) is 0 Å². The first kappa shape index (κ1) is 22.8. The van der Waals surface area contributed by atoms with Crippen LogP contribution in [-0.2, 0) is 23.9 Å². The molecule has 0 unspecified atom stereocenters. The van der Waals surface area contributed by atoms with Gasteiger partial charge in [0, 0.05) is 38.4 Å². The molecular formula is C24H29N3O6. The van der Waals surface area contributed by atoms with Crippen LogP contribution < -0.4 is 9.64 Å². The van der Waals surface area contributed by atoms with Gasteiger partial charge in [-0.2, -0.15) is 0 Å². The maximum atomic E-state index is 12.5. The largest absolute Gasteiger partial charge is 0.497 e. The van der Waals surface area contributed by atoms with Crippen LogP contribution in [0.15, 0.2) is 36.4 Å². The van der Waals surface area contributed by atoms with Crippen LogP contribution in [0.2, 0.25) is 0 Å². The van der Waals surface area contributed by atoms with Crippen LogP contribution in [0.25, 0.3) is 0 Å². The molecule has 1 aromatic carbocycles. The molecule has 33 heavy (non-hydrogen) atoms.